The van der Waals surface area contributed by atoms with Crippen LogP contribution in [0.5, 0.6) is 0 Å². The largest absolute Gasteiger partial charge is 0.467 e. The van der Waals surface area contributed by atoms with Gasteiger partial charge in [-0.1, -0.05) is 30.3 Å². The minimum absolute atomic E-state index is 0.157. The molecule has 0 spiro atoms. The molecule has 1 rings (SSSR count). The molecule has 206 valence electrons. The molecule has 0 unspecified atom stereocenters. The van der Waals surface area contributed by atoms with Crippen molar-refractivity contribution in [3.63, 3.8) is 0 Å². The average molecular weight is 526 g/mol. The number of benzene rings is 1. The Bertz CT molecular complexity index is 954. The van der Waals surface area contributed by atoms with Crippen LogP contribution in [-0.4, -0.2) is 72.7 Å². The first-order chi connectivity index (χ1) is 17.1. The van der Waals surface area contributed by atoms with E-state index in [1.54, 1.807) is 71.9 Å². The zero-order valence-corrected chi connectivity index (χ0v) is 22.3. The molecule has 0 radical (unpaired) electrons. The lowest BCUT2D eigenvalue weighted by Gasteiger charge is -2.35. The molecular formula is C24H35N3O10. The van der Waals surface area contributed by atoms with E-state index in [1.165, 1.54) is 0 Å². The van der Waals surface area contributed by atoms with Crippen molar-refractivity contribution in [3.8, 4) is 0 Å². The number of methoxy groups -OCH3 is 2. The topological polar surface area (TPSA) is 159 Å². The molecule has 1 aromatic rings. The summed E-state index contributed by atoms with van der Waals surface area (Å²) < 4.78 is 25.1. The Labute approximate surface area is 215 Å². The number of rotatable bonds is 7. The summed E-state index contributed by atoms with van der Waals surface area (Å²) in [5.74, 6) is -2.34. The van der Waals surface area contributed by atoms with Gasteiger partial charge in [-0.25, -0.2) is 29.4 Å². The molecule has 2 atom stereocenters. The van der Waals surface area contributed by atoms with Crippen LogP contribution in [0, 0.1) is 0 Å². The molecule has 0 fully saturated rings. The van der Waals surface area contributed by atoms with Crippen molar-refractivity contribution >= 4 is 30.2 Å². The molecule has 1 aromatic carbocycles. The van der Waals surface area contributed by atoms with Crippen LogP contribution in [0.15, 0.2) is 30.3 Å². The minimum Gasteiger partial charge on any atom is -0.467 e. The van der Waals surface area contributed by atoms with Gasteiger partial charge in [-0.3, -0.25) is 0 Å². The molecule has 0 saturated heterocycles. The molecule has 0 saturated carbocycles. The number of nitrogens with one attached hydrogen (secondary N) is 2. The summed E-state index contributed by atoms with van der Waals surface area (Å²) in [6, 6.07) is 4.80. The summed E-state index contributed by atoms with van der Waals surface area (Å²) in [5, 5.41) is 2.59. The number of esters is 2. The van der Waals surface area contributed by atoms with Crippen molar-refractivity contribution in [3.05, 3.63) is 35.9 Å². The van der Waals surface area contributed by atoms with Gasteiger partial charge in [-0.15, -0.1) is 0 Å². The average Bonchev–Trinajstić information content (AvgIpc) is 2.79. The number of hydrazine groups is 1. The molecule has 0 aliphatic carbocycles. The Morgan fingerprint density at radius 2 is 1.35 bits per heavy atom. The maximum absolute atomic E-state index is 13.1. The highest BCUT2D eigenvalue weighted by atomic mass is 16.6. The molecular weight excluding hydrogens is 490 g/mol. The molecule has 13 nitrogen and oxygen atoms in total. The molecule has 3 amide bonds. The van der Waals surface area contributed by atoms with Gasteiger partial charge in [-0.2, -0.15) is 5.01 Å². The van der Waals surface area contributed by atoms with E-state index in [0.29, 0.717) is 10.6 Å². The van der Waals surface area contributed by atoms with Crippen LogP contribution in [0.3, 0.4) is 0 Å². The normalized spacial score (nSPS) is 12.8. The lowest BCUT2D eigenvalue weighted by Crippen LogP contribution is -2.66. The number of amides is 3. The molecule has 37 heavy (non-hydrogen) atoms. The van der Waals surface area contributed by atoms with E-state index in [0.717, 1.165) is 14.2 Å². The second-order valence-electron chi connectivity index (χ2n) is 9.64. The Hall–Kier alpha value is -4.03. The van der Waals surface area contributed by atoms with Crippen LogP contribution >= 0.6 is 0 Å². The summed E-state index contributed by atoms with van der Waals surface area (Å²) >= 11 is 0. The lowest BCUT2D eigenvalue weighted by molar-refractivity contribution is -0.157. The summed E-state index contributed by atoms with van der Waals surface area (Å²) in [5.41, 5.74) is 0.695. The van der Waals surface area contributed by atoms with E-state index in [2.05, 4.69) is 10.7 Å². The third kappa shape index (κ3) is 11.1. The van der Waals surface area contributed by atoms with Crippen molar-refractivity contribution in [1.82, 2.24) is 15.8 Å². The Morgan fingerprint density at radius 3 is 1.84 bits per heavy atom. The van der Waals surface area contributed by atoms with Gasteiger partial charge in [0.2, 0.25) is 0 Å². The fourth-order valence-electron chi connectivity index (χ4n) is 2.74. The molecule has 0 bridgehead atoms. The van der Waals surface area contributed by atoms with Gasteiger partial charge in [0.15, 0.2) is 12.1 Å². The standard InChI is InChI=1S/C24H35N3O10/c1-23(2,3)36-21(31)26-27(22(32)37-24(4,5)6)17(19(29)34-8)16(18(28)33-7)25-20(30)35-14-15-12-10-9-11-13-15/h9-13,16-17H,14H2,1-8H3,(H,25,30)(H,26,31)/t16-,17-/m0/s1. The van der Waals surface area contributed by atoms with Gasteiger partial charge in [0.25, 0.3) is 0 Å². The summed E-state index contributed by atoms with van der Waals surface area (Å²) in [6.07, 6.45) is -3.51. The van der Waals surface area contributed by atoms with E-state index in [4.69, 9.17) is 23.7 Å². The fraction of sp³-hybridized carbons (Fsp3) is 0.542. The van der Waals surface area contributed by atoms with E-state index >= 15 is 0 Å². The SMILES string of the molecule is COC(=O)[C@@H](NC(=O)OCc1ccccc1)[C@@H](C(=O)OC)N(NC(=O)OC(C)(C)C)C(=O)OC(C)(C)C. The quantitative estimate of drug-likeness (QED) is 0.308. The first kappa shape index (κ1) is 31.0. The third-order valence-electron chi connectivity index (χ3n) is 4.18. The van der Waals surface area contributed by atoms with Gasteiger partial charge >= 0.3 is 30.2 Å². The zero-order valence-electron chi connectivity index (χ0n) is 22.3. The zero-order chi connectivity index (χ0) is 28.4. The van der Waals surface area contributed by atoms with Crippen LogP contribution in [-0.2, 0) is 39.9 Å². The highest BCUT2D eigenvalue weighted by Gasteiger charge is 2.46. The van der Waals surface area contributed by atoms with E-state index < -0.39 is 53.5 Å². The summed E-state index contributed by atoms with van der Waals surface area (Å²) in [7, 11) is 1.98. The van der Waals surface area contributed by atoms with Crippen molar-refractivity contribution in [2.45, 2.75) is 71.4 Å². The van der Waals surface area contributed by atoms with Crippen LogP contribution in [0.25, 0.3) is 0 Å². The number of hydrogen-bond donors (Lipinski definition) is 2. The number of alkyl carbamates (subject to hydrolysis) is 1. The monoisotopic (exact) mass is 525 g/mol. The van der Waals surface area contributed by atoms with Crippen molar-refractivity contribution in [2.75, 3.05) is 14.2 Å². The predicted molar refractivity (Wildman–Crippen MR) is 129 cm³/mol. The maximum Gasteiger partial charge on any atom is 0.430 e. The summed E-state index contributed by atoms with van der Waals surface area (Å²) in [4.78, 5) is 63.7. The highest BCUT2D eigenvalue weighted by Crippen LogP contribution is 2.16. The van der Waals surface area contributed by atoms with Gasteiger partial charge < -0.3 is 29.0 Å². The van der Waals surface area contributed by atoms with Crippen LogP contribution < -0.4 is 10.7 Å². The fourth-order valence-corrected chi connectivity index (χ4v) is 2.74. The molecule has 0 aliphatic heterocycles. The van der Waals surface area contributed by atoms with Crippen molar-refractivity contribution < 1.29 is 47.7 Å². The van der Waals surface area contributed by atoms with Crippen LogP contribution in [0.4, 0.5) is 14.4 Å². The number of carbonyl (C=O) groups is 5. The Morgan fingerprint density at radius 1 is 0.811 bits per heavy atom. The number of hydrogen-bond acceptors (Lipinski definition) is 10. The first-order valence-electron chi connectivity index (χ1n) is 11.2. The van der Waals surface area contributed by atoms with Crippen LogP contribution in [0.2, 0.25) is 0 Å². The second kappa shape index (κ2) is 13.3. The maximum atomic E-state index is 13.1. The Kier molecular flexibility index (Phi) is 11.2. The molecule has 0 aliphatic rings. The molecule has 0 aromatic heterocycles. The van der Waals surface area contributed by atoms with Gasteiger partial charge in [0.1, 0.15) is 17.8 Å². The predicted octanol–water partition coefficient (Wildman–Crippen LogP) is 2.67. The van der Waals surface area contributed by atoms with Gasteiger partial charge in [0.05, 0.1) is 14.2 Å². The molecule has 2 N–H and O–H groups in total. The van der Waals surface area contributed by atoms with Crippen molar-refractivity contribution in [1.29, 1.82) is 0 Å². The van der Waals surface area contributed by atoms with Gasteiger partial charge in [0, 0.05) is 0 Å². The first-order valence-corrected chi connectivity index (χ1v) is 11.2. The lowest BCUT2D eigenvalue weighted by atomic mass is 10.1. The highest BCUT2D eigenvalue weighted by molar-refractivity contribution is 5.92. The smallest absolute Gasteiger partial charge is 0.430 e. The third-order valence-corrected chi connectivity index (χ3v) is 4.18. The molecule has 0 heterocycles. The van der Waals surface area contributed by atoms with Crippen molar-refractivity contribution in [2.24, 2.45) is 0 Å². The molecule has 13 heteroatoms. The second-order valence-corrected chi connectivity index (χ2v) is 9.64. The van der Waals surface area contributed by atoms with E-state index in [9.17, 15) is 24.0 Å². The van der Waals surface area contributed by atoms with E-state index in [-0.39, 0.29) is 6.61 Å². The number of ether oxygens (including phenoxy) is 5. The van der Waals surface area contributed by atoms with Crippen LogP contribution in [0.1, 0.15) is 47.1 Å². The summed E-state index contributed by atoms with van der Waals surface area (Å²) in [6.45, 7) is 9.19. The van der Waals surface area contributed by atoms with Gasteiger partial charge in [-0.05, 0) is 47.1 Å². The minimum atomic E-state index is -1.98. The number of nitrogens with zero attached hydrogens (tertiary/aromatic N) is 1. The number of carbonyl (C=O) groups excluding carboxylic acids is 5. The Balaban J connectivity index is 3.37. The van der Waals surface area contributed by atoms with E-state index in [1.807, 2.05) is 0 Å².